The van der Waals surface area contributed by atoms with Gasteiger partial charge in [0.25, 0.3) is 0 Å². The lowest BCUT2D eigenvalue weighted by molar-refractivity contribution is 0.589. The molecule has 0 amide bonds. The molecule has 0 aliphatic carbocycles. The molecule has 0 radical (unpaired) electrons. The molecule has 3 N–H and O–H groups in total. The first-order valence-electron chi connectivity index (χ1n) is 5.16. The Morgan fingerprint density at radius 2 is 2.00 bits per heavy atom. The van der Waals surface area contributed by atoms with Crippen molar-refractivity contribution in [3.8, 4) is 0 Å². The van der Waals surface area contributed by atoms with Gasteiger partial charge in [-0.3, -0.25) is 4.72 Å². The van der Waals surface area contributed by atoms with Crippen molar-refractivity contribution in [1.82, 2.24) is 0 Å². The summed E-state index contributed by atoms with van der Waals surface area (Å²) in [5.74, 6) is 0. The quantitative estimate of drug-likeness (QED) is 0.838. The van der Waals surface area contributed by atoms with Crippen LogP contribution in [0.4, 0.5) is 5.69 Å². The molecule has 1 aromatic carbocycles. The summed E-state index contributed by atoms with van der Waals surface area (Å²) in [5.41, 5.74) is 7.90. The van der Waals surface area contributed by atoms with Gasteiger partial charge in [0, 0.05) is 6.54 Å². The smallest absolute Gasteiger partial charge is 0.236 e. The van der Waals surface area contributed by atoms with Crippen LogP contribution in [0, 0.1) is 13.8 Å². The summed E-state index contributed by atoms with van der Waals surface area (Å²) in [4.78, 5) is 0. The maximum Gasteiger partial charge on any atom is 0.236 e. The summed E-state index contributed by atoms with van der Waals surface area (Å²) in [6.07, 6.45) is 0. The van der Waals surface area contributed by atoms with Crippen molar-refractivity contribution in [1.29, 1.82) is 0 Å². The van der Waals surface area contributed by atoms with Crippen molar-refractivity contribution >= 4 is 15.7 Å². The SMILES string of the molecule is Cc1ccc(C)c(NS(=O)(=O)C(C)CN)c1. The number of hydrogen-bond acceptors (Lipinski definition) is 3. The molecule has 5 heteroatoms. The zero-order valence-corrected chi connectivity index (χ0v) is 10.6. The predicted molar refractivity (Wildman–Crippen MR) is 67.0 cm³/mol. The lowest BCUT2D eigenvalue weighted by Crippen LogP contribution is -2.31. The molecule has 0 spiro atoms. The van der Waals surface area contributed by atoms with Gasteiger partial charge in [0.2, 0.25) is 10.0 Å². The Kier molecular flexibility index (Phi) is 3.93. The van der Waals surface area contributed by atoms with Gasteiger partial charge in [-0.25, -0.2) is 8.42 Å². The lowest BCUT2D eigenvalue weighted by atomic mass is 10.1. The van der Waals surface area contributed by atoms with Crippen LogP contribution in [0.25, 0.3) is 0 Å². The molecule has 16 heavy (non-hydrogen) atoms. The monoisotopic (exact) mass is 242 g/mol. The maximum atomic E-state index is 11.8. The summed E-state index contributed by atoms with van der Waals surface area (Å²) < 4.78 is 26.2. The van der Waals surface area contributed by atoms with Crippen LogP contribution in [0.3, 0.4) is 0 Å². The van der Waals surface area contributed by atoms with E-state index in [2.05, 4.69) is 4.72 Å². The van der Waals surface area contributed by atoms with Crippen LogP contribution in [0.1, 0.15) is 18.1 Å². The van der Waals surface area contributed by atoms with Crippen molar-refractivity contribution in [3.63, 3.8) is 0 Å². The highest BCUT2D eigenvalue weighted by molar-refractivity contribution is 7.93. The third-order valence-corrected chi connectivity index (χ3v) is 4.26. The molecule has 1 rings (SSSR count). The van der Waals surface area contributed by atoms with E-state index in [1.165, 1.54) is 0 Å². The number of benzene rings is 1. The Morgan fingerprint density at radius 1 is 1.38 bits per heavy atom. The second-order valence-corrected chi connectivity index (χ2v) is 6.11. The van der Waals surface area contributed by atoms with Crippen molar-refractivity contribution in [3.05, 3.63) is 29.3 Å². The molecule has 1 aromatic rings. The molecule has 1 atom stereocenters. The van der Waals surface area contributed by atoms with E-state index in [4.69, 9.17) is 5.73 Å². The van der Waals surface area contributed by atoms with E-state index < -0.39 is 15.3 Å². The molecular weight excluding hydrogens is 224 g/mol. The van der Waals surface area contributed by atoms with Gasteiger partial charge in [0.05, 0.1) is 10.9 Å². The second kappa shape index (κ2) is 4.84. The van der Waals surface area contributed by atoms with E-state index in [9.17, 15) is 8.42 Å². The van der Waals surface area contributed by atoms with Gasteiger partial charge in [-0.05, 0) is 38.0 Å². The van der Waals surface area contributed by atoms with Gasteiger partial charge in [0.15, 0.2) is 0 Å². The Bertz CT molecular complexity index is 469. The van der Waals surface area contributed by atoms with Crippen LogP contribution in [0.2, 0.25) is 0 Å². The Balaban J connectivity index is 3.01. The number of nitrogens with one attached hydrogen (secondary N) is 1. The summed E-state index contributed by atoms with van der Waals surface area (Å²) >= 11 is 0. The first-order valence-corrected chi connectivity index (χ1v) is 6.70. The summed E-state index contributed by atoms with van der Waals surface area (Å²) in [6, 6.07) is 5.65. The zero-order valence-electron chi connectivity index (χ0n) is 9.82. The van der Waals surface area contributed by atoms with Crippen molar-refractivity contribution in [2.75, 3.05) is 11.3 Å². The summed E-state index contributed by atoms with van der Waals surface area (Å²) in [7, 11) is -3.38. The number of nitrogens with two attached hydrogens (primary N) is 1. The highest BCUT2D eigenvalue weighted by Crippen LogP contribution is 2.18. The first kappa shape index (κ1) is 13.0. The highest BCUT2D eigenvalue weighted by Gasteiger charge is 2.19. The molecule has 0 aliphatic heterocycles. The minimum Gasteiger partial charge on any atom is -0.329 e. The number of rotatable bonds is 4. The third kappa shape index (κ3) is 2.96. The first-order chi connectivity index (χ1) is 7.36. The largest absolute Gasteiger partial charge is 0.329 e. The average molecular weight is 242 g/mol. The fraction of sp³-hybridized carbons (Fsp3) is 0.455. The third-order valence-electron chi connectivity index (χ3n) is 2.51. The Morgan fingerprint density at radius 3 is 2.56 bits per heavy atom. The minimum atomic E-state index is -3.38. The van der Waals surface area contributed by atoms with Crippen LogP contribution in [-0.4, -0.2) is 20.2 Å². The maximum absolute atomic E-state index is 11.8. The molecule has 4 nitrogen and oxygen atoms in total. The van der Waals surface area contributed by atoms with E-state index in [0.717, 1.165) is 11.1 Å². The molecule has 0 aliphatic rings. The van der Waals surface area contributed by atoms with E-state index in [-0.39, 0.29) is 6.54 Å². The Labute approximate surface area is 96.9 Å². The van der Waals surface area contributed by atoms with Crippen LogP contribution in [-0.2, 0) is 10.0 Å². The summed E-state index contributed by atoms with van der Waals surface area (Å²) in [6.45, 7) is 5.49. The van der Waals surface area contributed by atoms with Crippen LogP contribution in [0.5, 0.6) is 0 Å². The van der Waals surface area contributed by atoms with Crippen LogP contribution in [0.15, 0.2) is 18.2 Å². The Hall–Kier alpha value is -1.07. The topological polar surface area (TPSA) is 72.2 Å². The number of hydrogen-bond donors (Lipinski definition) is 2. The van der Waals surface area contributed by atoms with Crippen LogP contribution >= 0.6 is 0 Å². The zero-order chi connectivity index (χ0) is 12.3. The van der Waals surface area contributed by atoms with E-state index in [0.29, 0.717) is 5.69 Å². The number of aryl methyl sites for hydroxylation is 2. The molecule has 0 fully saturated rings. The van der Waals surface area contributed by atoms with Gasteiger partial charge in [-0.1, -0.05) is 12.1 Å². The second-order valence-electron chi connectivity index (χ2n) is 4.01. The van der Waals surface area contributed by atoms with Gasteiger partial charge in [0.1, 0.15) is 0 Å². The summed E-state index contributed by atoms with van der Waals surface area (Å²) in [5, 5.41) is -0.590. The molecule has 0 saturated heterocycles. The van der Waals surface area contributed by atoms with Crippen molar-refractivity contribution < 1.29 is 8.42 Å². The fourth-order valence-electron chi connectivity index (χ4n) is 1.23. The van der Waals surface area contributed by atoms with Gasteiger partial charge < -0.3 is 5.73 Å². The molecule has 0 saturated carbocycles. The molecule has 0 heterocycles. The average Bonchev–Trinajstić information content (AvgIpc) is 2.22. The predicted octanol–water partition coefficient (Wildman–Crippen LogP) is 1.39. The molecule has 1 unspecified atom stereocenters. The standard InChI is InChI=1S/C11H18N2O2S/c1-8-4-5-9(2)11(6-8)13-16(14,15)10(3)7-12/h4-6,10,13H,7,12H2,1-3H3. The molecular formula is C11H18N2O2S. The van der Waals surface area contributed by atoms with Gasteiger partial charge >= 0.3 is 0 Å². The minimum absolute atomic E-state index is 0.111. The van der Waals surface area contributed by atoms with Crippen molar-refractivity contribution in [2.24, 2.45) is 5.73 Å². The van der Waals surface area contributed by atoms with E-state index >= 15 is 0 Å². The van der Waals surface area contributed by atoms with Crippen molar-refractivity contribution in [2.45, 2.75) is 26.0 Å². The highest BCUT2D eigenvalue weighted by atomic mass is 32.2. The van der Waals surface area contributed by atoms with Gasteiger partial charge in [-0.15, -0.1) is 0 Å². The van der Waals surface area contributed by atoms with Gasteiger partial charge in [-0.2, -0.15) is 0 Å². The normalized spacial score (nSPS) is 13.5. The van der Waals surface area contributed by atoms with E-state index in [1.807, 2.05) is 32.0 Å². The fourth-order valence-corrected chi connectivity index (χ4v) is 2.21. The molecule has 0 bridgehead atoms. The molecule has 90 valence electrons. The lowest BCUT2D eigenvalue weighted by Gasteiger charge is -2.15. The number of anilines is 1. The van der Waals surface area contributed by atoms with E-state index in [1.54, 1.807) is 6.92 Å². The van der Waals surface area contributed by atoms with Crippen LogP contribution < -0.4 is 10.5 Å². The molecule has 0 aromatic heterocycles. The number of sulfonamides is 1.